The van der Waals surface area contributed by atoms with E-state index in [-0.39, 0.29) is 17.5 Å². The number of nitrogens with two attached hydrogens (primary N) is 1. The van der Waals surface area contributed by atoms with Crippen molar-refractivity contribution in [2.24, 2.45) is 0 Å². The fourth-order valence-electron chi connectivity index (χ4n) is 1.56. The molecule has 1 heterocycles. The van der Waals surface area contributed by atoms with E-state index in [2.05, 4.69) is 5.32 Å². The second kappa shape index (κ2) is 3.94. The number of halogens is 1. The second-order valence-electron chi connectivity index (χ2n) is 3.36. The zero-order valence-corrected chi connectivity index (χ0v) is 7.79. The minimum atomic E-state index is -0.370. The van der Waals surface area contributed by atoms with E-state index < -0.39 is 0 Å². The van der Waals surface area contributed by atoms with Gasteiger partial charge in [-0.2, -0.15) is 0 Å². The average Bonchev–Trinajstić information content (AvgIpc) is 2.23. The average molecular weight is 196 g/mol. The van der Waals surface area contributed by atoms with Crippen LogP contribution < -0.4 is 11.1 Å². The van der Waals surface area contributed by atoms with Crippen molar-refractivity contribution >= 4 is 5.69 Å². The minimum absolute atomic E-state index is 0.131. The first-order chi connectivity index (χ1) is 6.77. The highest BCUT2D eigenvalue weighted by atomic mass is 19.1. The summed E-state index contributed by atoms with van der Waals surface area (Å²) in [6.07, 6.45) is 0. The maximum Gasteiger partial charge on any atom is 0.146 e. The van der Waals surface area contributed by atoms with E-state index in [0.29, 0.717) is 6.61 Å². The Labute approximate surface area is 82.1 Å². The molecule has 14 heavy (non-hydrogen) atoms. The molecule has 3 nitrogen and oxygen atoms in total. The highest BCUT2D eigenvalue weighted by Gasteiger charge is 2.15. The summed E-state index contributed by atoms with van der Waals surface area (Å²) in [7, 11) is 0. The lowest BCUT2D eigenvalue weighted by Crippen LogP contribution is -2.34. The topological polar surface area (TPSA) is 47.3 Å². The summed E-state index contributed by atoms with van der Waals surface area (Å²) >= 11 is 0. The predicted octanol–water partition coefficient (Wildman–Crippen LogP) is 1.07. The quantitative estimate of drug-likeness (QED) is 0.660. The number of hydrogen-bond donors (Lipinski definition) is 2. The van der Waals surface area contributed by atoms with Gasteiger partial charge in [0.25, 0.3) is 0 Å². The van der Waals surface area contributed by atoms with Gasteiger partial charge in [-0.05, 0) is 17.7 Å². The number of ether oxygens (including phenoxy) is 1. The fourth-order valence-corrected chi connectivity index (χ4v) is 1.56. The third kappa shape index (κ3) is 1.86. The van der Waals surface area contributed by atoms with Gasteiger partial charge >= 0.3 is 0 Å². The van der Waals surface area contributed by atoms with Crippen LogP contribution in [0.4, 0.5) is 10.1 Å². The third-order valence-electron chi connectivity index (χ3n) is 2.34. The van der Waals surface area contributed by atoms with Crippen molar-refractivity contribution in [2.45, 2.75) is 6.04 Å². The van der Waals surface area contributed by atoms with Gasteiger partial charge in [0.15, 0.2) is 0 Å². The fraction of sp³-hybridized carbons (Fsp3) is 0.400. The van der Waals surface area contributed by atoms with Crippen molar-refractivity contribution < 1.29 is 9.13 Å². The second-order valence-corrected chi connectivity index (χ2v) is 3.36. The van der Waals surface area contributed by atoms with Crippen LogP contribution in [0, 0.1) is 5.82 Å². The molecular weight excluding hydrogens is 183 g/mol. The molecule has 3 N–H and O–H groups in total. The Kier molecular flexibility index (Phi) is 2.65. The molecule has 1 aromatic rings. The molecule has 1 fully saturated rings. The Morgan fingerprint density at radius 2 is 2.36 bits per heavy atom. The maximum absolute atomic E-state index is 12.9. The molecule has 0 unspecified atom stereocenters. The SMILES string of the molecule is Nc1cc([C@@H]2COCCN2)ccc1F. The molecule has 0 aliphatic carbocycles. The van der Waals surface area contributed by atoms with Crippen molar-refractivity contribution in [3.05, 3.63) is 29.6 Å². The van der Waals surface area contributed by atoms with E-state index >= 15 is 0 Å². The maximum atomic E-state index is 12.9. The Bertz CT molecular complexity index is 324. The van der Waals surface area contributed by atoms with E-state index in [1.807, 2.05) is 0 Å². The Morgan fingerprint density at radius 1 is 1.50 bits per heavy atom. The van der Waals surface area contributed by atoms with E-state index in [1.54, 1.807) is 12.1 Å². The van der Waals surface area contributed by atoms with Crippen molar-refractivity contribution in [2.75, 3.05) is 25.5 Å². The summed E-state index contributed by atoms with van der Waals surface area (Å²) in [4.78, 5) is 0. The molecule has 1 aliphatic rings. The molecule has 1 aliphatic heterocycles. The van der Waals surface area contributed by atoms with Crippen LogP contribution in [0.1, 0.15) is 11.6 Å². The number of benzene rings is 1. The molecule has 0 bridgehead atoms. The Balaban J connectivity index is 2.18. The van der Waals surface area contributed by atoms with Gasteiger partial charge in [-0.15, -0.1) is 0 Å². The van der Waals surface area contributed by atoms with Crippen LogP contribution in [-0.2, 0) is 4.74 Å². The summed E-state index contributed by atoms with van der Waals surface area (Å²) in [6.45, 7) is 2.17. The number of morpholine rings is 1. The van der Waals surface area contributed by atoms with Gasteiger partial charge in [0.1, 0.15) is 5.82 Å². The molecule has 0 saturated carbocycles. The lowest BCUT2D eigenvalue weighted by Gasteiger charge is -2.24. The first-order valence-electron chi connectivity index (χ1n) is 4.63. The Morgan fingerprint density at radius 3 is 3.00 bits per heavy atom. The molecule has 1 saturated heterocycles. The molecule has 2 rings (SSSR count). The molecular formula is C10H13FN2O. The number of rotatable bonds is 1. The van der Waals surface area contributed by atoms with Gasteiger partial charge < -0.3 is 15.8 Å². The zero-order valence-electron chi connectivity index (χ0n) is 7.79. The van der Waals surface area contributed by atoms with Gasteiger partial charge in [-0.3, -0.25) is 0 Å². The lowest BCUT2D eigenvalue weighted by molar-refractivity contribution is 0.0769. The standard InChI is InChI=1S/C10H13FN2O/c11-8-2-1-7(5-9(8)12)10-6-14-4-3-13-10/h1-2,5,10,13H,3-4,6,12H2/t10-/m0/s1. The van der Waals surface area contributed by atoms with Gasteiger partial charge in [0.2, 0.25) is 0 Å². The van der Waals surface area contributed by atoms with E-state index in [0.717, 1.165) is 18.7 Å². The van der Waals surface area contributed by atoms with Crippen LogP contribution in [0.3, 0.4) is 0 Å². The first kappa shape index (κ1) is 9.43. The number of anilines is 1. The number of nitrogens with one attached hydrogen (secondary N) is 1. The number of nitrogen functional groups attached to an aromatic ring is 1. The van der Waals surface area contributed by atoms with Gasteiger partial charge in [0.05, 0.1) is 24.9 Å². The van der Waals surface area contributed by atoms with Crippen molar-refractivity contribution in [3.8, 4) is 0 Å². The molecule has 0 amide bonds. The molecule has 76 valence electrons. The van der Waals surface area contributed by atoms with E-state index in [1.165, 1.54) is 6.07 Å². The van der Waals surface area contributed by atoms with Crippen LogP contribution in [0.2, 0.25) is 0 Å². The van der Waals surface area contributed by atoms with Crippen LogP contribution >= 0.6 is 0 Å². The summed E-state index contributed by atoms with van der Waals surface area (Å²) in [5.74, 6) is -0.370. The van der Waals surface area contributed by atoms with Gasteiger partial charge in [0, 0.05) is 6.54 Å². The summed E-state index contributed by atoms with van der Waals surface area (Å²) in [6, 6.07) is 4.91. The Hall–Kier alpha value is -1.13. The molecule has 1 aromatic carbocycles. The third-order valence-corrected chi connectivity index (χ3v) is 2.34. The van der Waals surface area contributed by atoms with Crippen molar-refractivity contribution in [1.29, 1.82) is 0 Å². The monoisotopic (exact) mass is 196 g/mol. The number of hydrogen-bond acceptors (Lipinski definition) is 3. The van der Waals surface area contributed by atoms with Crippen molar-refractivity contribution in [3.63, 3.8) is 0 Å². The van der Waals surface area contributed by atoms with E-state index in [9.17, 15) is 4.39 Å². The molecule has 4 heteroatoms. The highest BCUT2D eigenvalue weighted by Crippen LogP contribution is 2.20. The zero-order chi connectivity index (χ0) is 9.97. The van der Waals surface area contributed by atoms with E-state index in [4.69, 9.17) is 10.5 Å². The van der Waals surface area contributed by atoms with Gasteiger partial charge in [-0.25, -0.2) is 4.39 Å². The van der Waals surface area contributed by atoms with Gasteiger partial charge in [-0.1, -0.05) is 6.07 Å². The first-order valence-corrected chi connectivity index (χ1v) is 4.63. The lowest BCUT2D eigenvalue weighted by atomic mass is 10.1. The van der Waals surface area contributed by atoms with Crippen molar-refractivity contribution in [1.82, 2.24) is 5.32 Å². The normalized spacial score (nSPS) is 22.2. The molecule has 1 atom stereocenters. The molecule has 0 radical (unpaired) electrons. The summed E-state index contributed by atoms with van der Waals surface area (Å²) < 4.78 is 18.2. The van der Waals surface area contributed by atoms with Crippen LogP contribution in [-0.4, -0.2) is 19.8 Å². The minimum Gasteiger partial charge on any atom is -0.396 e. The largest absolute Gasteiger partial charge is 0.396 e. The van der Waals surface area contributed by atoms with Crippen LogP contribution in [0.5, 0.6) is 0 Å². The summed E-state index contributed by atoms with van der Waals surface area (Å²) in [5.41, 5.74) is 6.65. The van der Waals surface area contributed by atoms with Crippen LogP contribution in [0.15, 0.2) is 18.2 Å². The van der Waals surface area contributed by atoms with Crippen LogP contribution in [0.25, 0.3) is 0 Å². The summed E-state index contributed by atoms with van der Waals surface area (Å²) in [5, 5.41) is 3.28. The highest BCUT2D eigenvalue weighted by molar-refractivity contribution is 5.43. The molecule has 0 aromatic heterocycles. The smallest absolute Gasteiger partial charge is 0.146 e. The molecule has 0 spiro atoms. The predicted molar refractivity (Wildman–Crippen MR) is 52.4 cm³/mol.